The van der Waals surface area contributed by atoms with Gasteiger partial charge in [0.2, 0.25) is 0 Å². The monoisotopic (exact) mass is 254 g/mol. The molecule has 3 radical (unpaired) electrons. The van der Waals surface area contributed by atoms with Gasteiger partial charge in [0.05, 0.1) is 0 Å². The van der Waals surface area contributed by atoms with Crippen LogP contribution >= 0.6 is 0 Å². The van der Waals surface area contributed by atoms with Crippen molar-refractivity contribution in [3.63, 3.8) is 0 Å². The Morgan fingerprint density at radius 1 is 1.16 bits per heavy atom. The molecule has 4 atom stereocenters. The Morgan fingerprint density at radius 3 is 2.63 bits per heavy atom. The zero-order valence-electron chi connectivity index (χ0n) is 11.5. The van der Waals surface area contributed by atoms with Gasteiger partial charge in [-0.1, -0.05) is 30.3 Å². The summed E-state index contributed by atoms with van der Waals surface area (Å²) in [6, 6.07) is 10.3. The second-order valence-corrected chi connectivity index (χ2v) is 6.55. The molecule has 3 aliphatic rings. The average molecular weight is 254 g/mol. The van der Waals surface area contributed by atoms with Crippen LogP contribution in [0, 0.1) is 11.8 Å². The molecule has 99 valence electrons. The van der Waals surface area contributed by atoms with Crippen molar-refractivity contribution in [2.45, 2.75) is 37.3 Å². The molecule has 1 N–H and O–H groups in total. The highest BCUT2D eigenvalue weighted by molar-refractivity contribution is 5.75. The summed E-state index contributed by atoms with van der Waals surface area (Å²) >= 11 is 0. The van der Waals surface area contributed by atoms with Crippen LogP contribution in [0.4, 0.5) is 0 Å². The van der Waals surface area contributed by atoms with E-state index < -0.39 is 5.60 Å². The standard InChI is InChI=1S/C16H21NO.B/c1-15-12-7-8-14(15)16(18,11-17(15)10-9-12)13-5-3-2-4-6-13;/h2-6,12,14,18H,7-11H2,1H3;/t12-,14-,15+,16-;/m0./s1. The Hall–Kier alpha value is -0.795. The molecule has 4 rings (SSSR count). The van der Waals surface area contributed by atoms with Crippen molar-refractivity contribution in [3.05, 3.63) is 35.9 Å². The lowest BCUT2D eigenvalue weighted by atomic mass is 9.75. The molecule has 3 heteroatoms. The maximum atomic E-state index is 11.3. The summed E-state index contributed by atoms with van der Waals surface area (Å²) in [4.78, 5) is 2.56. The predicted octanol–water partition coefficient (Wildman–Crippen LogP) is 2.00. The molecule has 19 heavy (non-hydrogen) atoms. The van der Waals surface area contributed by atoms with Gasteiger partial charge in [0.25, 0.3) is 0 Å². The first-order valence-corrected chi connectivity index (χ1v) is 7.18. The average Bonchev–Trinajstić information content (AvgIpc) is 2.95. The van der Waals surface area contributed by atoms with Crippen molar-refractivity contribution < 1.29 is 5.11 Å². The molecule has 2 saturated heterocycles. The minimum Gasteiger partial charge on any atom is -0.383 e. The number of benzene rings is 1. The molecule has 0 spiro atoms. The lowest BCUT2D eigenvalue weighted by Crippen LogP contribution is -2.42. The van der Waals surface area contributed by atoms with Crippen molar-refractivity contribution in [1.82, 2.24) is 4.90 Å². The summed E-state index contributed by atoms with van der Waals surface area (Å²) in [5, 5.41) is 11.3. The van der Waals surface area contributed by atoms with E-state index in [-0.39, 0.29) is 14.0 Å². The van der Waals surface area contributed by atoms with E-state index in [1.54, 1.807) is 0 Å². The molecule has 1 aromatic carbocycles. The first-order valence-electron chi connectivity index (χ1n) is 7.18. The Bertz CT molecular complexity index is 479. The summed E-state index contributed by atoms with van der Waals surface area (Å²) in [7, 11) is 0. The first kappa shape index (κ1) is 13.2. The molecule has 0 aromatic heterocycles. The quantitative estimate of drug-likeness (QED) is 0.775. The smallest absolute Gasteiger partial charge is 0.107 e. The molecule has 1 saturated carbocycles. The van der Waals surface area contributed by atoms with E-state index >= 15 is 0 Å². The second-order valence-electron chi connectivity index (χ2n) is 6.55. The maximum Gasteiger partial charge on any atom is 0.107 e. The largest absolute Gasteiger partial charge is 0.383 e. The summed E-state index contributed by atoms with van der Waals surface area (Å²) in [6.07, 6.45) is 3.81. The van der Waals surface area contributed by atoms with Gasteiger partial charge in [0, 0.05) is 26.4 Å². The fraction of sp³-hybridized carbons (Fsp3) is 0.625. The second kappa shape index (κ2) is 4.10. The highest BCUT2D eigenvalue weighted by Crippen LogP contribution is 2.61. The molecule has 1 aliphatic carbocycles. The van der Waals surface area contributed by atoms with E-state index in [9.17, 15) is 5.11 Å². The molecule has 0 amide bonds. The van der Waals surface area contributed by atoms with E-state index in [1.165, 1.54) is 25.8 Å². The number of aliphatic hydroxyl groups is 1. The molecular weight excluding hydrogens is 233 g/mol. The van der Waals surface area contributed by atoms with Crippen LogP contribution in [0.5, 0.6) is 0 Å². The Kier molecular flexibility index (Phi) is 2.85. The Labute approximate surface area is 117 Å². The summed E-state index contributed by atoms with van der Waals surface area (Å²) in [6.45, 7) is 4.39. The van der Waals surface area contributed by atoms with Crippen molar-refractivity contribution in [2.24, 2.45) is 11.8 Å². The van der Waals surface area contributed by atoms with Gasteiger partial charge < -0.3 is 5.11 Å². The van der Waals surface area contributed by atoms with Gasteiger partial charge in [-0.15, -0.1) is 0 Å². The van der Waals surface area contributed by atoms with Gasteiger partial charge in [0.1, 0.15) is 5.60 Å². The number of hydrogen-bond donors (Lipinski definition) is 1. The van der Waals surface area contributed by atoms with Gasteiger partial charge >= 0.3 is 0 Å². The fourth-order valence-electron chi connectivity index (χ4n) is 5.10. The van der Waals surface area contributed by atoms with Gasteiger partial charge in [0.15, 0.2) is 0 Å². The fourth-order valence-corrected chi connectivity index (χ4v) is 5.10. The van der Waals surface area contributed by atoms with Gasteiger partial charge in [-0.2, -0.15) is 0 Å². The summed E-state index contributed by atoms with van der Waals surface area (Å²) in [5.74, 6) is 1.22. The lowest BCUT2D eigenvalue weighted by molar-refractivity contribution is -0.000678. The maximum absolute atomic E-state index is 11.3. The van der Waals surface area contributed by atoms with Crippen LogP contribution in [0.2, 0.25) is 0 Å². The number of nitrogens with zero attached hydrogens (tertiary/aromatic N) is 1. The zero-order valence-corrected chi connectivity index (χ0v) is 11.5. The molecule has 1 aromatic rings. The predicted molar refractivity (Wildman–Crippen MR) is 76.9 cm³/mol. The molecular formula is C16H21BNO. The third-order valence-corrected chi connectivity index (χ3v) is 6.05. The van der Waals surface area contributed by atoms with Crippen LogP contribution < -0.4 is 0 Å². The van der Waals surface area contributed by atoms with E-state index in [2.05, 4.69) is 24.0 Å². The lowest BCUT2D eigenvalue weighted by Gasteiger charge is -2.34. The van der Waals surface area contributed by atoms with Crippen LogP contribution in [0.1, 0.15) is 31.7 Å². The van der Waals surface area contributed by atoms with E-state index in [1.807, 2.05) is 18.2 Å². The van der Waals surface area contributed by atoms with E-state index in [0.717, 1.165) is 18.0 Å². The highest BCUT2D eigenvalue weighted by Gasteiger charge is 2.66. The van der Waals surface area contributed by atoms with Crippen LogP contribution in [-0.4, -0.2) is 37.0 Å². The van der Waals surface area contributed by atoms with Gasteiger partial charge in [-0.05, 0) is 44.2 Å². The Morgan fingerprint density at radius 2 is 1.89 bits per heavy atom. The minimum atomic E-state index is -0.620. The van der Waals surface area contributed by atoms with Crippen molar-refractivity contribution in [2.75, 3.05) is 13.1 Å². The van der Waals surface area contributed by atoms with Crippen molar-refractivity contribution in [1.29, 1.82) is 0 Å². The van der Waals surface area contributed by atoms with Crippen LogP contribution in [0.25, 0.3) is 0 Å². The minimum absolute atomic E-state index is 0. The van der Waals surface area contributed by atoms with Gasteiger partial charge in [-0.3, -0.25) is 4.90 Å². The summed E-state index contributed by atoms with van der Waals surface area (Å²) < 4.78 is 0. The van der Waals surface area contributed by atoms with E-state index in [0.29, 0.717) is 5.92 Å². The highest BCUT2D eigenvalue weighted by atomic mass is 16.3. The third-order valence-electron chi connectivity index (χ3n) is 6.05. The Balaban J connectivity index is 0.00000110. The third kappa shape index (κ3) is 1.46. The SMILES string of the molecule is C[C@@]12[C@H]3CC[C@@H]1[C@@](O)(c1ccccc1)CN2CC3.[B]. The molecule has 3 fully saturated rings. The molecule has 0 bridgehead atoms. The van der Waals surface area contributed by atoms with E-state index in [4.69, 9.17) is 0 Å². The number of β-amino-alcohol motifs (C(OH)–C–C–N with tert-alkyl or cyclic N) is 1. The van der Waals surface area contributed by atoms with Crippen LogP contribution in [-0.2, 0) is 5.60 Å². The molecule has 2 nitrogen and oxygen atoms in total. The van der Waals surface area contributed by atoms with Crippen molar-refractivity contribution in [3.8, 4) is 0 Å². The number of rotatable bonds is 1. The first-order chi connectivity index (χ1) is 8.65. The zero-order chi connectivity index (χ0) is 12.4. The van der Waals surface area contributed by atoms with Crippen LogP contribution in [0.3, 0.4) is 0 Å². The molecule has 2 aliphatic heterocycles. The summed E-state index contributed by atoms with van der Waals surface area (Å²) in [5.41, 5.74) is 0.752. The normalized spacial score (nSPS) is 44.1. The number of hydrogen-bond acceptors (Lipinski definition) is 2. The van der Waals surface area contributed by atoms with Gasteiger partial charge in [-0.25, -0.2) is 0 Å². The van der Waals surface area contributed by atoms with Crippen LogP contribution in [0.15, 0.2) is 30.3 Å². The van der Waals surface area contributed by atoms with Crippen molar-refractivity contribution >= 4 is 8.41 Å². The topological polar surface area (TPSA) is 23.5 Å². The molecule has 0 unspecified atom stereocenters. The molecule has 2 heterocycles.